The molecule has 1 aliphatic carbocycles. The number of anilines is 1. The molecule has 0 spiro atoms. The van der Waals surface area contributed by atoms with Crippen molar-refractivity contribution >= 4 is 11.3 Å². The van der Waals surface area contributed by atoms with Crippen molar-refractivity contribution in [3.05, 3.63) is 29.9 Å². The Morgan fingerprint density at radius 3 is 2.69 bits per heavy atom. The van der Waals surface area contributed by atoms with Crippen LogP contribution in [0.1, 0.15) is 25.0 Å². The fraction of sp³-hybridized carbons (Fsp3) is 0.364. The lowest BCUT2D eigenvalue weighted by molar-refractivity contribution is -0.00605. The highest BCUT2D eigenvalue weighted by Gasteiger charge is 2.31. The SMILES string of the molecule is Nc1cc(F)cnc1C1=CCC(F)(F)CC1. The van der Waals surface area contributed by atoms with Crippen molar-refractivity contribution in [3.63, 3.8) is 0 Å². The summed E-state index contributed by atoms with van der Waals surface area (Å²) in [6.45, 7) is 0. The minimum absolute atomic E-state index is 0.191. The van der Waals surface area contributed by atoms with Gasteiger partial charge in [0.2, 0.25) is 0 Å². The molecule has 86 valence electrons. The second-order valence-electron chi connectivity index (χ2n) is 3.88. The van der Waals surface area contributed by atoms with Gasteiger partial charge in [-0.05, 0) is 12.0 Å². The van der Waals surface area contributed by atoms with Crippen molar-refractivity contribution in [1.82, 2.24) is 4.98 Å². The lowest BCUT2D eigenvalue weighted by Crippen LogP contribution is -2.18. The molecule has 0 atom stereocenters. The van der Waals surface area contributed by atoms with Crippen LogP contribution in [0.15, 0.2) is 18.3 Å². The van der Waals surface area contributed by atoms with Crippen LogP contribution in [0.3, 0.4) is 0 Å². The first-order valence-corrected chi connectivity index (χ1v) is 4.96. The summed E-state index contributed by atoms with van der Waals surface area (Å²) in [5.41, 5.74) is 6.86. The number of rotatable bonds is 1. The number of pyridine rings is 1. The molecule has 0 fully saturated rings. The summed E-state index contributed by atoms with van der Waals surface area (Å²) < 4.78 is 38.6. The van der Waals surface area contributed by atoms with Crippen LogP contribution < -0.4 is 5.73 Å². The van der Waals surface area contributed by atoms with Gasteiger partial charge in [-0.15, -0.1) is 0 Å². The Hall–Kier alpha value is -1.52. The first-order valence-electron chi connectivity index (χ1n) is 4.96. The molecule has 0 saturated carbocycles. The van der Waals surface area contributed by atoms with E-state index in [9.17, 15) is 13.2 Å². The van der Waals surface area contributed by atoms with E-state index in [-0.39, 0.29) is 24.9 Å². The zero-order chi connectivity index (χ0) is 11.8. The molecule has 2 N–H and O–H groups in total. The van der Waals surface area contributed by atoms with Gasteiger partial charge in [0.1, 0.15) is 5.82 Å². The van der Waals surface area contributed by atoms with Crippen molar-refractivity contribution in [1.29, 1.82) is 0 Å². The molecular formula is C11H11F3N2. The van der Waals surface area contributed by atoms with Crippen LogP contribution in [0.4, 0.5) is 18.9 Å². The van der Waals surface area contributed by atoms with Gasteiger partial charge in [0, 0.05) is 18.9 Å². The van der Waals surface area contributed by atoms with E-state index < -0.39 is 11.7 Å². The highest BCUT2D eigenvalue weighted by molar-refractivity contribution is 5.72. The molecule has 1 aliphatic rings. The number of hydrogen-bond donors (Lipinski definition) is 1. The van der Waals surface area contributed by atoms with Crippen LogP contribution in [0.5, 0.6) is 0 Å². The van der Waals surface area contributed by atoms with Gasteiger partial charge < -0.3 is 5.73 Å². The van der Waals surface area contributed by atoms with Crippen molar-refractivity contribution in [3.8, 4) is 0 Å². The molecule has 0 bridgehead atoms. The second kappa shape index (κ2) is 3.81. The summed E-state index contributed by atoms with van der Waals surface area (Å²) in [6.07, 6.45) is 2.17. The Morgan fingerprint density at radius 1 is 1.38 bits per heavy atom. The standard InChI is InChI=1S/C11H11F3N2/c12-8-5-9(15)10(16-6-8)7-1-3-11(13,14)4-2-7/h1,5-6H,2-4,15H2. The molecule has 0 amide bonds. The number of nitrogens with two attached hydrogens (primary N) is 1. The van der Waals surface area contributed by atoms with E-state index in [0.717, 1.165) is 12.3 Å². The third-order valence-corrected chi connectivity index (χ3v) is 2.60. The van der Waals surface area contributed by atoms with Crippen LogP contribution in [-0.2, 0) is 0 Å². The topological polar surface area (TPSA) is 38.9 Å². The molecule has 1 aromatic rings. The highest BCUT2D eigenvalue weighted by atomic mass is 19.3. The minimum atomic E-state index is -2.64. The number of alkyl halides is 2. The number of nitrogen functional groups attached to an aromatic ring is 1. The van der Waals surface area contributed by atoms with Crippen LogP contribution in [0.25, 0.3) is 5.57 Å². The van der Waals surface area contributed by atoms with Gasteiger partial charge in [0.15, 0.2) is 0 Å². The number of allylic oxidation sites excluding steroid dienone is 2. The number of hydrogen-bond acceptors (Lipinski definition) is 2. The Kier molecular flexibility index (Phi) is 2.61. The highest BCUT2D eigenvalue weighted by Crippen LogP contribution is 2.36. The largest absolute Gasteiger partial charge is 0.397 e. The van der Waals surface area contributed by atoms with E-state index in [4.69, 9.17) is 5.73 Å². The van der Waals surface area contributed by atoms with Crippen molar-refractivity contribution in [2.24, 2.45) is 0 Å². The summed E-state index contributed by atoms with van der Waals surface area (Å²) in [5, 5.41) is 0. The smallest absolute Gasteiger partial charge is 0.251 e. The molecule has 16 heavy (non-hydrogen) atoms. The van der Waals surface area contributed by atoms with Gasteiger partial charge in [0.05, 0.1) is 17.6 Å². The van der Waals surface area contributed by atoms with E-state index in [1.54, 1.807) is 0 Å². The van der Waals surface area contributed by atoms with E-state index in [0.29, 0.717) is 11.3 Å². The molecule has 0 aliphatic heterocycles. The maximum absolute atomic E-state index is 12.9. The molecule has 1 heterocycles. The van der Waals surface area contributed by atoms with Crippen LogP contribution in [0.2, 0.25) is 0 Å². The van der Waals surface area contributed by atoms with Crippen LogP contribution >= 0.6 is 0 Å². The molecule has 0 aromatic carbocycles. The summed E-state index contributed by atoms with van der Waals surface area (Å²) in [7, 11) is 0. The molecule has 0 saturated heterocycles. The number of nitrogens with zero attached hydrogens (tertiary/aromatic N) is 1. The summed E-state index contributed by atoms with van der Waals surface area (Å²) in [5.74, 6) is -3.17. The monoisotopic (exact) mass is 228 g/mol. The normalized spacial score (nSPS) is 19.3. The van der Waals surface area contributed by atoms with Gasteiger partial charge in [-0.2, -0.15) is 0 Å². The third-order valence-electron chi connectivity index (χ3n) is 2.60. The van der Waals surface area contributed by atoms with Crippen molar-refractivity contribution in [2.45, 2.75) is 25.2 Å². The van der Waals surface area contributed by atoms with E-state index >= 15 is 0 Å². The predicted octanol–water partition coefficient (Wildman–Crippen LogP) is 3.01. The molecule has 5 heteroatoms. The van der Waals surface area contributed by atoms with Gasteiger partial charge in [-0.1, -0.05) is 6.08 Å². The van der Waals surface area contributed by atoms with Crippen LogP contribution in [0, 0.1) is 5.82 Å². The summed E-state index contributed by atoms with van der Waals surface area (Å²) in [4.78, 5) is 3.84. The lowest BCUT2D eigenvalue weighted by atomic mass is 9.93. The predicted molar refractivity (Wildman–Crippen MR) is 55.4 cm³/mol. The van der Waals surface area contributed by atoms with Crippen LogP contribution in [-0.4, -0.2) is 10.9 Å². The average Bonchev–Trinajstić information content (AvgIpc) is 2.19. The van der Waals surface area contributed by atoms with E-state index in [1.165, 1.54) is 6.08 Å². The number of aromatic nitrogens is 1. The van der Waals surface area contributed by atoms with Gasteiger partial charge >= 0.3 is 0 Å². The Labute approximate surface area is 91.0 Å². The molecule has 2 nitrogen and oxygen atoms in total. The molecule has 1 aromatic heterocycles. The Bertz CT molecular complexity index is 441. The quantitative estimate of drug-likeness (QED) is 0.802. The molecular weight excluding hydrogens is 217 g/mol. The fourth-order valence-corrected chi connectivity index (χ4v) is 1.73. The minimum Gasteiger partial charge on any atom is -0.397 e. The summed E-state index contributed by atoms with van der Waals surface area (Å²) in [6, 6.07) is 1.15. The zero-order valence-electron chi connectivity index (χ0n) is 8.51. The average molecular weight is 228 g/mol. The van der Waals surface area contributed by atoms with Crippen molar-refractivity contribution in [2.75, 3.05) is 5.73 Å². The second-order valence-corrected chi connectivity index (χ2v) is 3.88. The summed E-state index contributed by atoms with van der Waals surface area (Å²) >= 11 is 0. The van der Waals surface area contributed by atoms with E-state index in [2.05, 4.69) is 4.98 Å². The van der Waals surface area contributed by atoms with Crippen molar-refractivity contribution < 1.29 is 13.2 Å². The van der Waals surface area contributed by atoms with Gasteiger partial charge in [0.25, 0.3) is 5.92 Å². The third kappa shape index (κ3) is 2.18. The Morgan fingerprint density at radius 2 is 2.12 bits per heavy atom. The fourth-order valence-electron chi connectivity index (χ4n) is 1.73. The number of halogens is 3. The lowest BCUT2D eigenvalue weighted by Gasteiger charge is -2.21. The first kappa shape index (κ1) is 11.0. The van der Waals surface area contributed by atoms with E-state index in [1.807, 2.05) is 0 Å². The van der Waals surface area contributed by atoms with Gasteiger partial charge in [-0.3, -0.25) is 4.98 Å². The maximum Gasteiger partial charge on any atom is 0.251 e. The first-order chi connectivity index (χ1) is 7.48. The molecule has 0 unspecified atom stereocenters. The molecule has 0 radical (unpaired) electrons. The Balaban J connectivity index is 2.29. The zero-order valence-corrected chi connectivity index (χ0v) is 8.51. The van der Waals surface area contributed by atoms with Gasteiger partial charge in [-0.25, -0.2) is 13.2 Å². The molecule has 2 rings (SSSR count). The maximum atomic E-state index is 12.9.